The molecule has 1 aliphatic carbocycles. The van der Waals surface area contributed by atoms with E-state index in [9.17, 15) is 9.90 Å². The van der Waals surface area contributed by atoms with Gasteiger partial charge in [-0.05, 0) is 32.1 Å². The molecule has 0 bridgehead atoms. The Bertz CT molecular complexity index is 524. The van der Waals surface area contributed by atoms with E-state index in [1.54, 1.807) is 4.68 Å². The lowest BCUT2D eigenvalue weighted by Crippen LogP contribution is -2.49. The van der Waals surface area contributed by atoms with Crippen LogP contribution in [0.4, 0.5) is 0 Å². The van der Waals surface area contributed by atoms with Gasteiger partial charge in [-0.1, -0.05) is 0 Å². The standard InChI is InChI=1S/C15H23N3O3/c1-17-14(12-4-2-3-5-13(12)16-17)15(20)18-7-9-21-10-11(18)6-8-19/h11,19H,2-10H2,1H3. The molecule has 0 spiro atoms. The molecule has 1 aliphatic heterocycles. The number of nitrogens with zero attached hydrogens (tertiary/aromatic N) is 3. The molecule has 116 valence electrons. The van der Waals surface area contributed by atoms with Gasteiger partial charge in [-0.15, -0.1) is 0 Å². The Hall–Kier alpha value is -1.40. The average Bonchev–Trinajstić information content (AvgIpc) is 2.83. The van der Waals surface area contributed by atoms with Crippen LogP contribution in [0, 0.1) is 0 Å². The van der Waals surface area contributed by atoms with Crippen LogP contribution < -0.4 is 0 Å². The van der Waals surface area contributed by atoms with Crippen molar-refractivity contribution in [1.29, 1.82) is 0 Å². The third-order valence-electron chi connectivity index (χ3n) is 4.47. The minimum Gasteiger partial charge on any atom is -0.396 e. The number of hydrogen-bond donors (Lipinski definition) is 1. The number of ether oxygens (including phenoxy) is 1. The van der Waals surface area contributed by atoms with Gasteiger partial charge in [0.1, 0.15) is 5.69 Å². The van der Waals surface area contributed by atoms with Crippen molar-refractivity contribution < 1.29 is 14.6 Å². The SMILES string of the molecule is Cn1nc2c(c1C(=O)N1CCOCC1CCO)CCCC2. The Labute approximate surface area is 124 Å². The van der Waals surface area contributed by atoms with E-state index in [-0.39, 0.29) is 18.6 Å². The van der Waals surface area contributed by atoms with Gasteiger partial charge in [0, 0.05) is 25.8 Å². The van der Waals surface area contributed by atoms with Gasteiger partial charge in [0.15, 0.2) is 0 Å². The molecule has 1 N–H and O–H groups in total. The smallest absolute Gasteiger partial charge is 0.272 e. The van der Waals surface area contributed by atoms with Crippen molar-refractivity contribution in [3.63, 3.8) is 0 Å². The fourth-order valence-electron chi connectivity index (χ4n) is 3.40. The molecule has 0 saturated carbocycles. The first-order valence-electron chi connectivity index (χ1n) is 7.76. The minimum absolute atomic E-state index is 0.0367. The van der Waals surface area contributed by atoms with Gasteiger partial charge < -0.3 is 14.7 Å². The Kier molecular flexibility index (Phi) is 4.26. The molecule has 6 nitrogen and oxygen atoms in total. The number of aryl methyl sites for hydroxylation is 2. The Morgan fingerprint density at radius 1 is 1.43 bits per heavy atom. The maximum atomic E-state index is 13.0. The molecule has 1 saturated heterocycles. The maximum Gasteiger partial charge on any atom is 0.272 e. The van der Waals surface area contributed by atoms with Gasteiger partial charge in [-0.25, -0.2) is 0 Å². The lowest BCUT2D eigenvalue weighted by atomic mass is 9.95. The molecule has 1 aromatic rings. The number of rotatable bonds is 3. The van der Waals surface area contributed by atoms with Crippen molar-refractivity contribution in [3.8, 4) is 0 Å². The van der Waals surface area contributed by atoms with E-state index in [1.165, 1.54) is 0 Å². The summed E-state index contributed by atoms with van der Waals surface area (Å²) < 4.78 is 7.19. The molecule has 0 aromatic carbocycles. The zero-order valence-electron chi connectivity index (χ0n) is 12.5. The molecular formula is C15H23N3O3. The summed E-state index contributed by atoms with van der Waals surface area (Å²) in [7, 11) is 1.85. The third kappa shape index (κ3) is 2.70. The molecule has 2 aliphatic rings. The lowest BCUT2D eigenvalue weighted by Gasteiger charge is -2.35. The van der Waals surface area contributed by atoms with E-state index in [0.29, 0.717) is 26.2 Å². The first kappa shape index (κ1) is 14.5. The molecule has 0 radical (unpaired) electrons. The van der Waals surface area contributed by atoms with Crippen LogP contribution >= 0.6 is 0 Å². The number of carbonyl (C=O) groups excluding carboxylic acids is 1. The number of fused-ring (bicyclic) bond motifs is 1. The van der Waals surface area contributed by atoms with E-state index >= 15 is 0 Å². The van der Waals surface area contributed by atoms with Crippen molar-refractivity contribution in [1.82, 2.24) is 14.7 Å². The molecule has 1 aromatic heterocycles. The molecule has 3 rings (SSSR count). The zero-order valence-corrected chi connectivity index (χ0v) is 12.5. The van der Waals surface area contributed by atoms with E-state index < -0.39 is 0 Å². The summed E-state index contributed by atoms with van der Waals surface area (Å²) in [6, 6.07) is -0.0367. The molecule has 1 fully saturated rings. The number of morpholine rings is 1. The number of carbonyl (C=O) groups is 1. The normalized spacial score (nSPS) is 22.2. The quantitative estimate of drug-likeness (QED) is 0.882. The van der Waals surface area contributed by atoms with Crippen LogP contribution in [0.25, 0.3) is 0 Å². The van der Waals surface area contributed by atoms with Crippen LogP contribution in [0.5, 0.6) is 0 Å². The summed E-state index contributed by atoms with van der Waals surface area (Å²) in [6.07, 6.45) is 4.76. The third-order valence-corrected chi connectivity index (χ3v) is 4.47. The number of aliphatic hydroxyl groups excluding tert-OH is 1. The summed E-state index contributed by atoms with van der Waals surface area (Å²) >= 11 is 0. The highest BCUT2D eigenvalue weighted by Gasteiger charge is 2.32. The minimum atomic E-state index is -0.0367. The number of hydrogen-bond acceptors (Lipinski definition) is 4. The highest BCUT2D eigenvalue weighted by atomic mass is 16.5. The molecule has 1 atom stereocenters. The molecule has 1 amide bonds. The van der Waals surface area contributed by atoms with Crippen molar-refractivity contribution in [3.05, 3.63) is 17.0 Å². The van der Waals surface area contributed by atoms with Crippen molar-refractivity contribution in [2.45, 2.75) is 38.1 Å². The van der Waals surface area contributed by atoms with Crippen LogP contribution in [-0.4, -0.2) is 58.1 Å². The average molecular weight is 293 g/mol. The fourth-order valence-corrected chi connectivity index (χ4v) is 3.40. The number of amides is 1. The fraction of sp³-hybridized carbons (Fsp3) is 0.733. The highest BCUT2D eigenvalue weighted by Crippen LogP contribution is 2.26. The van der Waals surface area contributed by atoms with Gasteiger partial charge in [0.05, 0.1) is 24.9 Å². The second-order valence-corrected chi connectivity index (χ2v) is 5.84. The molecular weight excluding hydrogens is 270 g/mol. The van der Waals surface area contributed by atoms with Crippen LogP contribution in [0.2, 0.25) is 0 Å². The Morgan fingerprint density at radius 2 is 2.24 bits per heavy atom. The monoisotopic (exact) mass is 293 g/mol. The van der Waals surface area contributed by atoms with Gasteiger partial charge in [0.2, 0.25) is 0 Å². The first-order chi connectivity index (χ1) is 10.2. The summed E-state index contributed by atoms with van der Waals surface area (Å²) in [6.45, 7) is 1.73. The largest absolute Gasteiger partial charge is 0.396 e. The maximum absolute atomic E-state index is 13.0. The van der Waals surface area contributed by atoms with Gasteiger partial charge in [0.25, 0.3) is 5.91 Å². The van der Waals surface area contributed by atoms with Gasteiger partial charge in [-0.3, -0.25) is 9.48 Å². The first-order valence-corrected chi connectivity index (χ1v) is 7.76. The molecule has 2 heterocycles. The van der Waals surface area contributed by atoms with Crippen LogP contribution in [0.3, 0.4) is 0 Å². The number of aliphatic hydroxyl groups is 1. The zero-order chi connectivity index (χ0) is 14.8. The summed E-state index contributed by atoms with van der Waals surface area (Å²) in [5.74, 6) is 0.0369. The summed E-state index contributed by atoms with van der Waals surface area (Å²) in [5.41, 5.74) is 2.94. The predicted octanol–water partition coefficient (Wildman–Crippen LogP) is 0.522. The van der Waals surface area contributed by atoms with Gasteiger partial charge in [-0.2, -0.15) is 5.10 Å². The lowest BCUT2D eigenvalue weighted by molar-refractivity contribution is -0.00888. The van der Waals surface area contributed by atoms with Crippen LogP contribution in [0.1, 0.15) is 41.0 Å². The topological polar surface area (TPSA) is 67.6 Å². The van der Waals surface area contributed by atoms with Crippen LogP contribution in [0.15, 0.2) is 0 Å². The van der Waals surface area contributed by atoms with E-state index in [2.05, 4.69) is 5.10 Å². The van der Waals surface area contributed by atoms with Gasteiger partial charge >= 0.3 is 0 Å². The van der Waals surface area contributed by atoms with E-state index in [4.69, 9.17) is 4.74 Å². The molecule has 6 heteroatoms. The predicted molar refractivity (Wildman–Crippen MR) is 77.2 cm³/mol. The highest BCUT2D eigenvalue weighted by molar-refractivity contribution is 5.94. The second kappa shape index (κ2) is 6.15. The summed E-state index contributed by atoms with van der Waals surface area (Å²) in [4.78, 5) is 14.8. The van der Waals surface area contributed by atoms with E-state index in [0.717, 1.165) is 42.6 Å². The summed E-state index contributed by atoms with van der Waals surface area (Å²) in [5, 5.41) is 13.7. The number of aromatic nitrogens is 2. The molecule has 1 unspecified atom stereocenters. The Balaban J connectivity index is 1.88. The van der Waals surface area contributed by atoms with Crippen LogP contribution in [-0.2, 0) is 24.6 Å². The van der Waals surface area contributed by atoms with Crippen molar-refractivity contribution >= 4 is 5.91 Å². The Morgan fingerprint density at radius 3 is 3.05 bits per heavy atom. The van der Waals surface area contributed by atoms with Crippen molar-refractivity contribution in [2.24, 2.45) is 7.05 Å². The van der Waals surface area contributed by atoms with Crippen molar-refractivity contribution in [2.75, 3.05) is 26.4 Å². The van der Waals surface area contributed by atoms with E-state index in [1.807, 2.05) is 11.9 Å². The molecule has 21 heavy (non-hydrogen) atoms. The second-order valence-electron chi connectivity index (χ2n) is 5.84.